The summed E-state index contributed by atoms with van der Waals surface area (Å²) in [5.41, 5.74) is 1.37. The molecular formula is C21H21N3O4S2. The minimum absolute atomic E-state index is 0.167. The number of benzene rings is 2. The second-order valence-corrected chi connectivity index (χ2v) is 10.6. The van der Waals surface area contributed by atoms with Gasteiger partial charge in [-0.25, -0.2) is 8.42 Å². The molecule has 0 bridgehead atoms. The quantitative estimate of drug-likeness (QED) is 0.761. The molecule has 1 saturated heterocycles. The Labute approximate surface area is 180 Å². The lowest BCUT2D eigenvalue weighted by Gasteiger charge is -2.23. The van der Waals surface area contributed by atoms with Gasteiger partial charge in [0.1, 0.15) is 6.04 Å². The number of nitrogens with one attached hydrogen (secondary N) is 1. The zero-order valence-electron chi connectivity index (χ0n) is 16.5. The van der Waals surface area contributed by atoms with Crippen molar-refractivity contribution in [1.82, 2.24) is 4.90 Å². The third kappa shape index (κ3) is 4.50. The first-order valence-electron chi connectivity index (χ1n) is 9.27. The maximum atomic E-state index is 12.9. The molecule has 0 saturated carbocycles. The van der Waals surface area contributed by atoms with Gasteiger partial charge in [-0.15, -0.1) is 11.8 Å². The van der Waals surface area contributed by atoms with Crippen LogP contribution in [0.15, 0.2) is 53.4 Å². The smallest absolute Gasteiger partial charge is 0.255 e. The molecule has 0 radical (unpaired) electrons. The van der Waals surface area contributed by atoms with Crippen LogP contribution in [-0.4, -0.2) is 48.1 Å². The van der Waals surface area contributed by atoms with Crippen molar-refractivity contribution < 1.29 is 18.0 Å². The summed E-state index contributed by atoms with van der Waals surface area (Å²) >= 11 is 1.47. The monoisotopic (exact) mass is 443 g/mol. The largest absolute Gasteiger partial charge is 0.324 e. The summed E-state index contributed by atoms with van der Waals surface area (Å²) in [7, 11) is -3.42. The van der Waals surface area contributed by atoms with Crippen molar-refractivity contribution in [1.29, 1.82) is 5.26 Å². The first kappa shape index (κ1) is 21.9. The Morgan fingerprint density at radius 1 is 1.13 bits per heavy atom. The summed E-state index contributed by atoms with van der Waals surface area (Å²) in [5, 5.41) is 11.1. The molecule has 0 aromatic heterocycles. The van der Waals surface area contributed by atoms with E-state index in [1.54, 1.807) is 38.1 Å². The van der Waals surface area contributed by atoms with Gasteiger partial charge >= 0.3 is 0 Å². The lowest BCUT2D eigenvalue weighted by Crippen LogP contribution is -2.44. The molecule has 30 heavy (non-hydrogen) atoms. The number of nitriles is 1. The topological polar surface area (TPSA) is 107 Å². The highest BCUT2D eigenvalue weighted by atomic mass is 32.2. The fraction of sp³-hybridized carbons (Fsp3) is 0.286. The van der Waals surface area contributed by atoms with Crippen molar-refractivity contribution in [3.8, 4) is 6.07 Å². The molecule has 0 aliphatic carbocycles. The highest BCUT2D eigenvalue weighted by Gasteiger charge is 2.35. The van der Waals surface area contributed by atoms with Crippen molar-refractivity contribution in [2.45, 2.75) is 30.0 Å². The second kappa shape index (κ2) is 8.90. The number of hydrogen-bond acceptors (Lipinski definition) is 6. The molecular weight excluding hydrogens is 422 g/mol. The van der Waals surface area contributed by atoms with Gasteiger partial charge < -0.3 is 10.2 Å². The molecule has 9 heteroatoms. The van der Waals surface area contributed by atoms with Crippen LogP contribution in [0, 0.1) is 11.3 Å². The minimum Gasteiger partial charge on any atom is -0.324 e. The molecule has 156 valence electrons. The van der Waals surface area contributed by atoms with Gasteiger partial charge in [-0.05, 0) is 62.4 Å². The second-order valence-electron chi connectivity index (χ2n) is 7.09. The molecule has 7 nitrogen and oxygen atoms in total. The standard InChI is InChI=1S/C21H21N3O4S2/c1-14(2)30(27,28)18-9-5-16(6-10-18)21(26)24-13-29-12-19(24)20(25)23-17-7-3-15(11-22)4-8-17/h3-10,14,19H,12-13H2,1-2H3,(H,23,25). The van der Waals surface area contributed by atoms with Crippen molar-refractivity contribution >= 4 is 39.1 Å². The fourth-order valence-corrected chi connectivity index (χ4v) is 5.15. The minimum atomic E-state index is -3.42. The number of thioether (sulfide) groups is 1. The first-order valence-corrected chi connectivity index (χ1v) is 12.0. The molecule has 2 amide bonds. The Balaban J connectivity index is 1.73. The zero-order valence-corrected chi connectivity index (χ0v) is 18.2. The third-order valence-electron chi connectivity index (χ3n) is 4.78. The summed E-state index contributed by atoms with van der Waals surface area (Å²) in [6.07, 6.45) is 0. The Morgan fingerprint density at radius 2 is 1.77 bits per heavy atom. The number of carbonyl (C=O) groups excluding carboxylic acids is 2. The van der Waals surface area contributed by atoms with E-state index in [0.717, 1.165) is 0 Å². The predicted molar refractivity (Wildman–Crippen MR) is 116 cm³/mol. The third-order valence-corrected chi connectivity index (χ3v) is 7.96. The van der Waals surface area contributed by atoms with E-state index in [0.29, 0.717) is 28.4 Å². The van der Waals surface area contributed by atoms with E-state index in [1.807, 2.05) is 6.07 Å². The van der Waals surface area contributed by atoms with Gasteiger partial charge in [0, 0.05) is 17.0 Å². The maximum absolute atomic E-state index is 12.9. The molecule has 1 aliphatic rings. The Kier molecular flexibility index (Phi) is 6.48. The number of nitrogens with zero attached hydrogens (tertiary/aromatic N) is 2. The summed E-state index contributed by atoms with van der Waals surface area (Å²) in [6.45, 7) is 3.21. The van der Waals surface area contributed by atoms with Crippen LogP contribution in [-0.2, 0) is 14.6 Å². The highest BCUT2D eigenvalue weighted by molar-refractivity contribution is 7.99. The van der Waals surface area contributed by atoms with Gasteiger partial charge in [0.15, 0.2) is 9.84 Å². The number of rotatable bonds is 5. The molecule has 1 unspecified atom stereocenters. The molecule has 2 aromatic rings. The van der Waals surface area contributed by atoms with Crippen LogP contribution in [0.2, 0.25) is 0 Å². The lowest BCUT2D eigenvalue weighted by molar-refractivity contribution is -0.119. The van der Waals surface area contributed by atoms with E-state index in [-0.39, 0.29) is 16.7 Å². The summed E-state index contributed by atoms with van der Waals surface area (Å²) in [4.78, 5) is 27.3. The number of anilines is 1. The van der Waals surface area contributed by atoms with Crippen LogP contribution in [0.3, 0.4) is 0 Å². The van der Waals surface area contributed by atoms with Gasteiger partial charge in [0.2, 0.25) is 5.91 Å². The van der Waals surface area contributed by atoms with Crippen LogP contribution in [0.1, 0.15) is 29.8 Å². The van der Waals surface area contributed by atoms with Crippen LogP contribution in [0.4, 0.5) is 5.69 Å². The molecule has 1 N–H and O–H groups in total. The van der Waals surface area contributed by atoms with E-state index in [2.05, 4.69) is 5.32 Å². The Hall–Kier alpha value is -2.83. The van der Waals surface area contributed by atoms with Crippen molar-refractivity contribution in [2.24, 2.45) is 0 Å². The first-order chi connectivity index (χ1) is 14.2. The predicted octanol–water partition coefficient (Wildman–Crippen LogP) is 2.89. The van der Waals surface area contributed by atoms with E-state index in [9.17, 15) is 18.0 Å². The molecule has 1 fully saturated rings. The van der Waals surface area contributed by atoms with Crippen LogP contribution < -0.4 is 5.32 Å². The molecule has 3 rings (SSSR count). The van der Waals surface area contributed by atoms with Crippen LogP contribution in [0.25, 0.3) is 0 Å². The van der Waals surface area contributed by atoms with Gasteiger partial charge in [-0.1, -0.05) is 0 Å². The van der Waals surface area contributed by atoms with E-state index >= 15 is 0 Å². The molecule has 1 heterocycles. The molecule has 1 atom stereocenters. The van der Waals surface area contributed by atoms with Crippen molar-refractivity contribution in [2.75, 3.05) is 16.9 Å². The Morgan fingerprint density at radius 3 is 2.33 bits per heavy atom. The van der Waals surface area contributed by atoms with Crippen LogP contribution >= 0.6 is 11.8 Å². The van der Waals surface area contributed by atoms with E-state index in [4.69, 9.17) is 5.26 Å². The van der Waals surface area contributed by atoms with Crippen molar-refractivity contribution in [3.05, 3.63) is 59.7 Å². The number of sulfone groups is 1. The lowest BCUT2D eigenvalue weighted by atomic mass is 10.1. The molecule has 2 aromatic carbocycles. The number of carbonyl (C=O) groups is 2. The molecule has 1 aliphatic heterocycles. The SMILES string of the molecule is CC(C)S(=O)(=O)c1ccc(C(=O)N2CSCC2C(=O)Nc2ccc(C#N)cc2)cc1. The molecule has 0 spiro atoms. The van der Waals surface area contributed by atoms with E-state index < -0.39 is 21.1 Å². The Bertz CT molecular complexity index is 1090. The average Bonchev–Trinajstić information content (AvgIpc) is 3.24. The van der Waals surface area contributed by atoms with Gasteiger partial charge in [0.05, 0.1) is 27.7 Å². The zero-order chi connectivity index (χ0) is 21.9. The van der Waals surface area contributed by atoms with E-state index in [1.165, 1.54) is 40.9 Å². The normalized spacial score (nSPS) is 16.3. The number of hydrogen-bond donors (Lipinski definition) is 1. The number of amides is 2. The maximum Gasteiger partial charge on any atom is 0.255 e. The van der Waals surface area contributed by atoms with Crippen molar-refractivity contribution in [3.63, 3.8) is 0 Å². The van der Waals surface area contributed by atoms with Gasteiger partial charge in [-0.2, -0.15) is 5.26 Å². The van der Waals surface area contributed by atoms with Gasteiger partial charge in [-0.3, -0.25) is 9.59 Å². The van der Waals surface area contributed by atoms with Gasteiger partial charge in [0.25, 0.3) is 5.91 Å². The average molecular weight is 444 g/mol. The fourth-order valence-electron chi connectivity index (χ4n) is 2.94. The summed E-state index contributed by atoms with van der Waals surface area (Å²) in [5.74, 6) is 0.204. The highest BCUT2D eigenvalue weighted by Crippen LogP contribution is 2.25. The summed E-state index contributed by atoms with van der Waals surface area (Å²) < 4.78 is 24.5. The van der Waals surface area contributed by atoms with Crippen LogP contribution in [0.5, 0.6) is 0 Å². The summed E-state index contributed by atoms with van der Waals surface area (Å²) in [6, 6.07) is 13.7.